The number of halogens is 1. The van der Waals surface area contributed by atoms with E-state index in [0.717, 1.165) is 10.9 Å². The molecule has 144 valence electrons. The lowest BCUT2D eigenvalue weighted by Crippen LogP contribution is -2.49. The molecule has 6 nitrogen and oxygen atoms in total. The summed E-state index contributed by atoms with van der Waals surface area (Å²) in [5, 5.41) is 4.50. The first-order chi connectivity index (χ1) is 12.8. The van der Waals surface area contributed by atoms with Crippen LogP contribution < -0.4 is 5.32 Å². The maximum absolute atomic E-state index is 12.8. The van der Waals surface area contributed by atoms with Crippen molar-refractivity contribution in [2.45, 2.75) is 37.8 Å². The van der Waals surface area contributed by atoms with Gasteiger partial charge >= 0.3 is 0 Å². The third-order valence-corrected chi connectivity index (χ3v) is 7.42. The second-order valence-electron chi connectivity index (χ2n) is 7.50. The van der Waals surface area contributed by atoms with Crippen molar-refractivity contribution >= 4 is 38.2 Å². The lowest BCUT2D eigenvalue weighted by molar-refractivity contribution is -0.0690. The van der Waals surface area contributed by atoms with E-state index in [-0.39, 0.29) is 23.5 Å². The molecule has 2 aliphatic heterocycles. The molecule has 0 aliphatic carbocycles. The summed E-state index contributed by atoms with van der Waals surface area (Å²) in [4.78, 5) is 17.3. The van der Waals surface area contributed by atoms with E-state index in [0.29, 0.717) is 42.1 Å². The van der Waals surface area contributed by atoms with E-state index < -0.39 is 15.4 Å². The Labute approximate surface area is 163 Å². The third-order valence-electron chi connectivity index (χ3n) is 5.39. The van der Waals surface area contributed by atoms with Crippen molar-refractivity contribution in [3.05, 3.63) is 40.5 Å². The number of benzene rings is 1. The number of sulfone groups is 1. The maximum atomic E-state index is 12.8. The molecule has 2 aromatic rings. The van der Waals surface area contributed by atoms with E-state index in [4.69, 9.17) is 16.3 Å². The molecule has 1 aromatic heterocycles. The molecule has 27 heavy (non-hydrogen) atoms. The highest BCUT2D eigenvalue weighted by atomic mass is 35.5. The maximum Gasteiger partial charge on any atom is 0.253 e. The number of nitrogens with zero attached hydrogens (tertiary/aromatic N) is 1. The van der Waals surface area contributed by atoms with Gasteiger partial charge in [0.2, 0.25) is 0 Å². The highest BCUT2D eigenvalue weighted by molar-refractivity contribution is 7.91. The van der Waals surface area contributed by atoms with Crippen LogP contribution in [0.2, 0.25) is 5.02 Å². The Balaban J connectivity index is 1.53. The van der Waals surface area contributed by atoms with Crippen LogP contribution in [0.4, 0.5) is 0 Å². The van der Waals surface area contributed by atoms with Gasteiger partial charge in [0.05, 0.1) is 33.9 Å². The van der Waals surface area contributed by atoms with Gasteiger partial charge in [0, 0.05) is 23.1 Å². The number of aromatic nitrogens is 1. The van der Waals surface area contributed by atoms with E-state index in [1.165, 1.54) is 0 Å². The molecular weight excluding hydrogens is 388 g/mol. The number of ether oxygens (including phenoxy) is 1. The van der Waals surface area contributed by atoms with Crippen LogP contribution in [0.5, 0.6) is 0 Å². The van der Waals surface area contributed by atoms with Gasteiger partial charge in [-0.3, -0.25) is 9.78 Å². The van der Waals surface area contributed by atoms with Crippen LogP contribution in [-0.2, 0) is 14.6 Å². The van der Waals surface area contributed by atoms with Crippen LogP contribution in [0.15, 0.2) is 24.3 Å². The summed E-state index contributed by atoms with van der Waals surface area (Å²) >= 11 is 6.01. The van der Waals surface area contributed by atoms with E-state index in [2.05, 4.69) is 10.3 Å². The van der Waals surface area contributed by atoms with Crippen molar-refractivity contribution in [1.82, 2.24) is 10.3 Å². The molecule has 2 atom stereocenters. The van der Waals surface area contributed by atoms with E-state index in [9.17, 15) is 13.2 Å². The highest BCUT2D eigenvalue weighted by Crippen LogP contribution is 2.35. The van der Waals surface area contributed by atoms with Gasteiger partial charge in [-0.15, -0.1) is 0 Å². The summed E-state index contributed by atoms with van der Waals surface area (Å²) < 4.78 is 29.5. The molecular formula is C19H21ClN2O4S. The largest absolute Gasteiger partial charge is 0.374 e. The Morgan fingerprint density at radius 3 is 2.93 bits per heavy atom. The van der Waals surface area contributed by atoms with Crippen molar-refractivity contribution in [2.24, 2.45) is 0 Å². The number of aryl methyl sites for hydroxylation is 1. The minimum absolute atomic E-state index is 0.0453. The summed E-state index contributed by atoms with van der Waals surface area (Å²) in [6, 6.07) is 7.09. The molecule has 3 heterocycles. The summed E-state index contributed by atoms with van der Waals surface area (Å²) in [5.74, 6) is 0.00733. The Hall–Kier alpha value is -1.70. The zero-order valence-electron chi connectivity index (χ0n) is 15.0. The predicted octanol–water partition coefficient (Wildman–Crippen LogP) is 2.66. The van der Waals surface area contributed by atoms with E-state index in [1.54, 1.807) is 19.1 Å². The molecule has 1 amide bonds. The zero-order valence-corrected chi connectivity index (χ0v) is 16.6. The standard InChI is InChI=1S/C19H21ClN2O4S/c1-12-16(8-13-2-3-14(20)9-17(13)21-12)18(23)22-15-4-6-26-19(10-15)5-7-27(24,25)11-19/h2-3,8-9,15H,4-7,10-11H2,1H3,(H,22,23). The smallest absolute Gasteiger partial charge is 0.253 e. The lowest BCUT2D eigenvalue weighted by atomic mass is 9.89. The SMILES string of the molecule is Cc1nc2cc(Cl)ccc2cc1C(=O)NC1CCOC2(CCS(=O)(=O)C2)C1. The molecule has 0 radical (unpaired) electrons. The monoisotopic (exact) mass is 408 g/mol. The molecule has 8 heteroatoms. The summed E-state index contributed by atoms with van der Waals surface area (Å²) in [5.41, 5.74) is 1.25. The van der Waals surface area contributed by atoms with Crippen molar-refractivity contribution in [1.29, 1.82) is 0 Å². The molecule has 1 spiro atoms. The van der Waals surface area contributed by atoms with Crippen LogP contribution in [-0.4, -0.2) is 49.1 Å². The van der Waals surface area contributed by atoms with Gasteiger partial charge in [0.1, 0.15) is 0 Å². The van der Waals surface area contributed by atoms with Crippen molar-refractivity contribution < 1.29 is 17.9 Å². The van der Waals surface area contributed by atoms with Gasteiger partial charge in [-0.05, 0) is 44.4 Å². The van der Waals surface area contributed by atoms with Gasteiger partial charge in [-0.25, -0.2) is 8.42 Å². The quantitative estimate of drug-likeness (QED) is 0.825. The van der Waals surface area contributed by atoms with Crippen LogP contribution in [0.25, 0.3) is 10.9 Å². The van der Waals surface area contributed by atoms with E-state index in [1.807, 2.05) is 12.1 Å². The van der Waals surface area contributed by atoms with Gasteiger partial charge < -0.3 is 10.1 Å². The molecule has 0 bridgehead atoms. The zero-order chi connectivity index (χ0) is 19.2. The fourth-order valence-corrected chi connectivity index (χ4v) is 6.18. The minimum atomic E-state index is -3.05. The topological polar surface area (TPSA) is 85.4 Å². The number of fused-ring (bicyclic) bond motifs is 1. The Bertz CT molecular complexity index is 1020. The average Bonchev–Trinajstić information content (AvgIpc) is 2.88. The number of rotatable bonds is 2. The number of amides is 1. The second kappa shape index (κ2) is 6.72. The lowest BCUT2D eigenvalue weighted by Gasteiger charge is -2.37. The molecule has 1 aromatic carbocycles. The normalized spacial score (nSPS) is 27.1. The number of carbonyl (C=O) groups excluding carboxylic acids is 1. The second-order valence-corrected chi connectivity index (χ2v) is 10.1. The predicted molar refractivity (Wildman–Crippen MR) is 104 cm³/mol. The first-order valence-corrected chi connectivity index (χ1v) is 11.2. The summed E-state index contributed by atoms with van der Waals surface area (Å²) in [6.45, 7) is 2.25. The Morgan fingerprint density at radius 1 is 1.37 bits per heavy atom. The van der Waals surface area contributed by atoms with Crippen LogP contribution in [0.3, 0.4) is 0 Å². The molecule has 4 rings (SSSR count). The first kappa shape index (κ1) is 18.7. The Kier molecular flexibility index (Phi) is 4.64. The number of carbonyl (C=O) groups is 1. The Morgan fingerprint density at radius 2 is 2.19 bits per heavy atom. The molecule has 2 fully saturated rings. The van der Waals surface area contributed by atoms with Crippen molar-refractivity contribution in [3.8, 4) is 0 Å². The van der Waals surface area contributed by atoms with Crippen molar-refractivity contribution in [3.63, 3.8) is 0 Å². The highest BCUT2D eigenvalue weighted by Gasteiger charge is 2.46. The summed E-state index contributed by atoms with van der Waals surface area (Å²) in [6.07, 6.45) is 1.69. The summed E-state index contributed by atoms with van der Waals surface area (Å²) in [7, 11) is -3.05. The molecule has 0 saturated carbocycles. The molecule has 2 saturated heterocycles. The average molecular weight is 409 g/mol. The van der Waals surface area contributed by atoms with Gasteiger partial charge in [-0.1, -0.05) is 17.7 Å². The van der Waals surface area contributed by atoms with E-state index >= 15 is 0 Å². The fraction of sp³-hybridized carbons (Fsp3) is 0.474. The minimum Gasteiger partial charge on any atom is -0.374 e. The van der Waals surface area contributed by atoms with Gasteiger partial charge in [0.25, 0.3) is 5.91 Å². The van der Waals surface area contributed by atoms with Crippen molar-refractivity contribution in [2.75, 3.05) is 18.1 Å². The van der Waals surface area contributed by atoms with Gasteiger partial charge in [0.15, 0.2) is 9.84 Å². The fourth-order valence-electron chi connectivity index (χ4n) is 4.04. The van der Waals surface area contributed by atoms with Crippen LogP contribution in [0, 0.1) is 6.92 Å². The van der Waals surface area contributed by atoms with Crippen LogP contribution in [0.1, 0.15) is 35.3 Å². The third kappa shape index (κ3) is 3.81. The molecule has 2 aliphatic rings. The van der Waals surface area contributed by atoms with Crippen LogP contribution >= 0.6 is 11.6 Å². The number of hydrogen-bond acceptors (Lipinski definition) is 5. The number of hydrogen-bond donors (Lipinski definition) is 1. The number of pyridine rings is 1. The first-order valence-electron chi connectivity index (χ1n) is 8.98. The number of nitrogens with one attached hydrogen (secondary N) is 1. The van der Waals surface area contributed by atoms with Gasteiger partial charge in [-0.2, -0.15) is 0 Å². The molecule has 2 unspecified atom stereocenters. The molecule has 1 N–H and O–H groups in total.